The van der Waals surface area contributed by atoms with Crippen molar-refractivity contribution in [1.29, 1.82) is 0 Å². The van der Waals surface area contributed by atoms with E-state index in [1.165, 1.54) is 16.1 Å². The number of fused-ring (bicyclic) bond motifs is 1. The first-order chi connectivity index (χ1) is 15.9. The number of nitrogens with one attached hydrogen (secondary N) is 2. The largest absolute Gasteiger partial charge is 0.496 e. The lowest BCUT2D eigenvalue weighted by atomic mass is 9.73. The molecule has 0 spiro atoms. The van der Waals surface area contributed by atoms with Crippen molar-refractivity contribution in [2.45, 2.75) is 37.3 Å². The van der Waals surface area contributed by atoms with E-state index in [-0.39, 0.29) is 6.04 Å². The Morgan fingerprint density at radius 3 is 2.70 bits per heavy atom. The number of hydrazine groups is 1. The molecule has 11 heteroatoms. The Morgan fingerprint density at radius 1 is 1.12 bits per heavy atom. The second-order valence-corrected chi connectivity index (χ2v) is 11.1. The topological polar surface area (TPSA) is 113 Å². The second-order valence-electron chi connectivity index (χ2n) is 9.11. The summed E-state index contributed by atoms with van der Waals surface area (Å²) in [5.41, 5.74) is 9.10. The molecule has 10 nitrogen and oxygen atoms in total. The molecule has 0 radical (unpaired) electrons. The minimum Gasteiger partial charge on any atom is -0.496 e. The lowest BCUT2D eigenvalue weighted by Gasteiger charge is -2.35. The molecule has 5 rings (SSSR count). The van der Waals surface area contributed by atoms with Crippen molar-refractivity contribution in [2.24, 2.45) is 5.92 Å². The maximum absolute atomic E-state index is 11.8. The quantitative estimate of drug-likeness (QED) is 0.658. The zero-order valence-corrected chi connectivity index (χ0v) is 19.8. The van der Waals surface area contributed by atoms with Crippen LogP contribution in [0.2, 0.25) is 0 Å². The standard InChI is InChI=1S/C22H31N7O3S/c1-32-20-5-6-23-13-17(20)15-3-4-18-16(11-15)22(27-26-18)19-12-21(25-14-24-19)28-7-9-29(10-8-28)33(2,30)31/h5-6,12-16,18,22,26-27H,3-4,7-11H2,1-2H3. The van der Waals surface area contributed by atoms with Crippen LogP contribution < -0.4 is 20.5 Å². The van der Waals surface area contributed by atoms with Gasteiger partial charge in [0.2, 0.25) is 10.0 Å². The number of piperazine rings is 1. The van der Waals surface area contributed by atoms with E-state index in [9.17, 15) is 8.42 Å². The average Bonchev–Trinajstić information content (AvgIpc) is 3.27. The molecular formula is C22H31N7O3S. The molecule has 1 saturated carbocycles. The number of ether oxygens (including phenoxy) is 1. The Morgan fingerprint density at radius 2 is 1.94 bits per heavy atom. The molecule has 33 heavy (non-hydrogen) atoms. The summed E-state index contributed by atoms with van der Waals surface area (Å²) in [6, 6.07) is 4.46. The van der Waals surface area contributed by atoms with Crippen LogP contribution in [0.3, 0.4) is 0 Å². The third-order valence-electron chi connectivity index (χ3n) is 7.25. The van der Waals surface area contributed by atoms with Crippen LogP contribution in [0.5, 0.6) is 5.75 Å². The minimum atomic E-state index is -3.16. The van der Waals surface area contributed by atoms with Crippen molar-refractivity contribution in [3.63, 3.8) is 0 Å². The van der Waals surface area contributed by atoms with Crippen molar-refractivity contribution >= 4 is 15.8 Å². The number of hydrogen-bond donors (Lipinski definition) is 2. The van der Waals surface area contributed by atoms with Crippen LogP contribution in [0.25, 0.3) is 0 Å². The van der Waals surface area contributed by atoms with Crippen molar-refractivity contribution < 1.29 is 13.2 Å². The predicted molar refractivity (Wildman–Crippen MR) is 124 cm³/mol. The van der Waals surface area contributed by atoms with Crippen LogP contribution in [0.4, 0.5) is 5.82 Å². The fourth-order valence-corrected chi connectivity index (χ4v) is 6.30. The molecular weight excluding hydrogens is 442 g/mol. The van der Waals surface area contributed by atoms with Gasteiger partial charge >= 0.3 is 0 Å². The first kappa shape index (κ1) is 22.5. The van der Waals surface area contributed by atoms with E-state index in [2.05, 4.69) is 30.7 Å². The van der Waals surface area contributed by atoms with Gasteiger partial charge in [0.25, 0.3) is 0 Å². The maximum Gasteiger partial charge on any atom is 0.211 e. The van der Waals surface area contributed by atoms with Crippen molar-refractivity contribution in [2.75, 3.05) is 44.4 Å². The molecule has 1 aliphatic carbocycles. The minimum absolute atomic E-state index is 0.0829. The molecule has 0 amide bonds. The van der Waals surface area contributed by atoms with Crippen LogP contribution in [0.15, 0.2) is 30.9 Å². The van der Waals surface area contributed by atoms with Crippen molar-refractivity contribution in [1.82, 2.24) is 30.1 Å². The highest BCUT2D eigenvalue weighted by atomic mass is 32.2. The van der Waals surface area contributed by atoms with Gasteiger partial charge in [0.1, 0.15) is 17.9 Å². The summed E-state index contributed by atoms with van der Waals surface area (Å²) in [6.07, 6.45) is 9.77. The van der Waals surface area contributed by atoms with Gasteiger partial charge in [-0.15, -0.1) is 0 Å². The summed E-state index contributed by atoms with van der Waals surface area (Å²) in [6.45, 7) is 2.19. The third kappa shape index (κ3) is 4.54. The van der Waals surface area contributed by atoms with Gasteiger partial charge in [0, 0.05) is 56.2 Å². The molecule has 3 fully saturated rings. The zero-order valence-electron chi connectivity index (χ0n) is 19.0. The van der Waals surface area contributed by atoms with E-state index in [1.807, 2.05) is 18.3 Å². The Hall–Kier alpha value is -2.34. The average molecular weight is 474 g/mol. The van der Waals surface area contributed by atoms with Crippen molar-refractivity contribution in [3.8, 4) is 5.75 Å². The van der Waals surface area contributed by atoms with Crippen LogP contribution >= 0.6 is 0 Å². The highest BCUT2D eigenvalue weighted by Crippen LogP contribution is 2.45. The number of pyridine rings is 1. The van der Waals surface area contributed by atoms with E-state index in [1.54, 1.807) is 19.6 Å². The number of sulfonamides is 1. The number of methoxy groups -OCH3 is 1. The van der Waals surface area contributed by atoms with Crippen molar-refractivity contribution in [3.05, 3.63) is 42.1 Å². The molecule has 2 saturated heterocycles. The SMILES string of the molecule is COc1ccncc1C1CCC2NNC(c3cc(N4CCN(S(C)(=O)=O)CC4)ncn3)C2C1. The molecule has 0 aromatic carbocycles. The Kier molecular flexibility index (Phi) is 6.21. The second kappa shape index (κ2) is 9.13. The molecule has 2 N–H and O–H groups in total. The summed E-state index contributed by atoms with van der Waals surface area (Å²) < 4.78 is 30.7. The molecule has 0 bridgehead atoms. The normalized spacial score (nSPS) is 28.5. The lowest BCUT2D eigenvalue weighted by molar-refractivity contribution is 0.271. The first-order valence-electron chi connectivity index (χ1n) is 11.4. The smallest absolute Gasteiger partial charge is 0.211 e. The zero-order chi connectivity index (χ0) is 23.0. The van der Waals surface area contributed by atoms with E-state index in [0.29, 0.717) is 44.1 Å². The summed E-state index contributed by atoms with van der Waals surface area (Å²) in [4.78, 5) is 15.6. The molecule has 4 heterocycles. The number of aromatic nitrogens is 3. The third-order valence-corrected chi connectivity index (χ3v) is 8.55. The molecule has 2 aromatic heterocycles. The summed E-state index contributed by atoms with van der Waals surface area (Å²) >= 11 is 0. The monoisotopic (exact) mass is 473 g/mol. The van der Waals surface area contributed by atoms with E-state index in [0.717, 1.165) is 36.5 Å². The van der Waals surface area contributed by atoms with Crippen LogP contribution in [-0.4, -0.2) is 73.3 Å². The fourth-order valence-electron chi connectivity index (χ4n) is 5.47. The summed E-state index contributed by atoms with van der Waals surface area (Å²) in [7, 11) is -1.44. The van der Waals surface area contributed by atoms with E-state index < -0.39 is 10.0 Å². The maximum atomic E-state index is 11.8. The molecule has 2 aliphatic heterocycles. The molecule has 178 valence electrons. The number of rotatable bonds is 5. The van der Waals surface area contributed by atoms with E-state index >= 15 is 0 Å². The predicted octanol–water partition coefficient (Wildman–Crippen LogP) is 1.06. The van der Waals surface area contributed by atoms with Crippen LogP contribution in [0.1, 0.15) is 42.5 Å². The highest BCUT2D eigenvalue weighted by Gasteiger charge is 2.42. The van der Waals surface area contributed by atoms with Gasteiger partial charge < -0.3 is 9.64 Å². The molecule has 2 aromatic rings. The Bertz CT molecular complexity index is 1090. The Balaban J connectivity index is 1.32. The molecule has 3 aliphatic rings. The van der Waals surface area contributed by atoms with Crippen LogP contribution in [-0.2, 0) is 10.0 Å². The van der Waals surface area contributed by atoms with Crippen LogP contribution in [0, 0.1) is 5.92 Å². The summed E-state index contributed by atoms with van der Waals surface area (Å²) in [5.74, 6) is 2.53. The van der Waals surface area contributed by atoms with Gasteiger partial charge in [0.15, 0.2) is 0 Å². The van der Waals surface area contributed by atoms with Gasteiger partial charge in [0.05, 0.1) is 25.1 Å². The fraction of sp³-hybridized carbons (Fsp3) is 0.591. The van der Waals surface area contributed by atoms with Gasteiger partial charge in [-0.2, -0.15) is 4.31 Å². The highest BCUT2D eigenvalue weighted by molar-refractivity contribution is 7.88. The first-order valence-corrected chi connectivity index (χ1v) is 13.3. The van der Waals surface area contributed by atoms with Gasteiger partial charge in [-0.1, -0.05) is 0 Å². The molecule has 4 atom stereocenters. The van der Waals surface area contributed by atoms with Gasteiger partial charge in [-0.3, -0.25) is 10.4 Å². The molecule has 4 unspecified atom stereocenters. The number of anilines is 1. The van der Waals surface area contributed by atoms with Gasteiger partial charge in [-0.05, 0) is 37.2 Å². The van der Waals surface area contributed by atoms with E-state index in [4.69, 9.17) is 4.74 Å². The lowest BCUT2D eigenvalue weighted by Crippen LogP contribution is -2.48. The Labute approximate surface area is 194 Å². The van der Waals surface area contributed by atoms with Gasteiger partial charge in [-0.25, -0.2) is 23.8 Å². The summed E-state index contributed by atoms with van der Waals surface area (Å²) in [5, 5.41) is 0. The number of nitrogens with zero attached hydrogens (tertiary/aromatic N) is 5. The number of hydrogen-bond acceptors (Lipinski definition) is 9.